The number of rotatable bonds is 4. The summed E-state index contributed by atoms with van der Waals surface area (Å²) < 4.78 is 0. The quantitative estimate of drug-likeness (QED) is 0.642. The second kappa shape index (κ2) is 5.34. The van der Waals surface area contributed by atoms with Crippen molar-refractivity contribution >= 4 is 0 Å². The van der Waals surface area contributed by atoms with Gasteiger partial charge in [-0.25, -0.2) is 0 Å². The van der Waals surface area contributed by atoms with E-state index in [0.29, 0.717) is 0 Å². The van der Waals surface area contributed by atoms with Gasteiger partial charge in [0.05, 0.1) is 0 Å². The van der Waals surface area contributed by atoms with E-state index >= 15 is 0 Å². The van der Waals surface area contributed by atoms with E-state index < -0.39 is 0 Å². The molecule has 0 saturated heterocycles. The van der Waals surface area contributed by atoms with E-state index in [9.17, 15) is 0 Å². The van der Waals surface area contributed by atoms with E-state index in [1.54, 1.807) is 0 Å². The standard InChI is InChI=1S/C16H22/c1-13-7-6-10-16(13)14(2)11-12-15-8-4-3-5-9-15/h3-5,8-9,13,16H,2,6-7,10-12H2,1H3. The molecule has 86 valence electrons. The van der Waals surface area contributed by atoms with Gasteiger partial charge in [-0.2, -0.15) is 0 Å². The Kier molecular flexibility index (Phi) is 3.82. The third-order valence-electron chi connectivity index (χ3n) is 3.96. The molecule has 2 rings (SSSR count). The number of aryl methyl sites for hydroxylation is 1. The van der Waals surface area contributed by atoms with E-state index in [4.69, 9.17) is 0 Å². The third-order valence-corrected chi connectivity index (χ3v) is 3.96. The van der Waals surface area contributed by atoms with Crippen LogP contribution in [0.3, 0.4) is 0 Å². The zero-order valence-electron chi connectivity index (χ0n) is 10.3. The predicted molar refractivity (Wildman–Crippen MR) is 70.4 cm³/mol. The normalized spacial score (nSPS) is 24.6. The average Bonchev–Trinajstić information content (AvgIpc) is 2.74. The highest BCUT2D eigenvalue weighted by molar-refractivity contribution is 5.17. The van der Waals surface area contributed by atoms with Gasteiger partial charge in [0.25, 0.3) is 0 Å². The van der Waals surface area contributed by atoms with Crippen LogP contribution in [0.5, 0.6) is 0 Å². The summed E-state index contributed by atoms with van der Waals surface area (Å²) in [5.41, 5.74) is 2.92. The highest BCUT2D eigenvalue weighted by Gasteiger charge is 2.24. The van der Waals surface area contributed by atoms with Crippen LogP contribution >= 0.6 is 0 Å². The van der Waals surface area contributed by atoms with Gasteiger partial charge >= 0.3 is 0 Å². The van der Waals surface area contributed by atoms with Crippen molar-refractivity contribution in [1.82, 2.24) is 0 Å². The largest absolute Gasteiger partial charge is 0.0996 e. The van der Waals surface area contributed by atoms with Crippen molar-refractivity contribution in [1.29, 1.82) is 0 Å². The molecule has 0 spiro atoms. The van der Waals surface area contributed by atoms with E-state index in [0.717, 1.165) is 18.3 Å². The van der Waals surface area contributed by atoms with Gasteiger partial charge in [-0.15, -0.1) is 0 Å². The number of hydrogen-bond acceptors (Lipinski definition) is 0. The lowest BCUT2D eigenvalue weighted by molar-refractivity contribution is 0.468. The minimum absolute atomic E-state index is 0.795. The first-order valence-electron chi connectivity index (χ1n) is 6.49. The maximum atomic E-state index is 4.30. The van der Waals surface area contributed by atoms with Gasteiger partial charge in [-0.3, -0.25) is 0 Å². The molecule has 1 aromatic carbocycles. The van der Waals surface area contributed by atoms with Gasteiger partial charge in [-0.1, -0.05) is 62.2 Å². The summed E-state index contributed by atoms with van der Waals surface area (Å²) in [5, 5.41) is 0. The number of allylic oxidation sites excluding steroid dienone is 1. The van der Waals surface area contributed by atoms with Crippen molar-refractivity contribution in [2.45, 2.75) is 39.0 Å². The van der Waals surface area contributed by atoms with Gasteiger partial charge < -0.3 is 0 Å². The van der Waals surface area contributed by atoms with Crippen molar-refractivity contribution in [3.05, 3.63) is 48.0 Å². The molecule has 1 saturated carbocycles. The molecule has 0 heteroatoms. The molecule has 2 unspecified atom stereocenters. The number of benzene rings is 1. The third kappa shape index (κ3) is 2.75. The fraction of sp³-hybridized carbons (Fsp3) is 0.500. The second-order valence-electron chi connectivity index (χ2n) is 5.16. The van der Waals surface area contributed by atoms with Crippen LogP contribution in [0.2, 0.25) is 0 Å². The molecule has 16 heavy (non-hydrogen) atoms. The molecule has 1 aliphatic rings. The van der Waals surface area contributed by atoms with Crippen LogP contribution in [0.25, 0.3) is 0 Å². The van der Waals surface area contributed by atoms with Crippen LogP contribution in [0, 0.1) is 11.8 Å². The Balaban J connectivity index is 1.84. The predicted octanol–water partition coefficient (Wildman–Crippen LogP) is 4.61. The molecule has 0 heterocycles. The summed E-state index contributed by atoms with van der Waals surface area (Å²) in [6.45, 7) is 6.68. The molecule has 2 atom stereocenters. The number of hydrogen-bond donors (Lipinski definition) is 0. The summed E-state index contributed by atoms with van der Waals surface area (Å²) in [4.78, 5) is 0. The fourth-order valence-electron chi connectivity index (χ4n) is 2.89. The summed E-state index contributed by atoms with van der Waals surface area (Å²) in [7, 11) is 0. The van der Waals surface area contributed by atoms with Crippen molar-refractivity contribution in [3.63, 3.8) is 0 Å². The maximum Gasteiger partial charge on any atom is -0.0180 e. The lowest BCUT2D eigenvalue weighted by Crippen LogP contribution is -2.07. The van der Waals surface area contributed by atoms with Crippen LogP contribution in [-0.2, 0) is 6.42 Å². The fourth-order valence-corrected chi connectivity index (χ4v) is 2.89. The van der Waals surface area contributed by atoms with Gasteiger partial charge in [0.1, 0.15) is 0 Å². The Bertz CT molecular complexity index is 336. The Labute approximate surface area is 99.4 Å². The molecule has 0 aromatic heterocycles. The minimum atomic E-state index is 0.795. The second-order valence-corrected chi connectivity index (χ2v) is 5.16. The highest BCUT2D eigenvalue weighted by atomic mass is 14.3. The molecule has 0 amide bonds. The lowest BCUT2D eigenvalue weighted by Gasteiger charge is -2.18. The first-order chi connectivity index (χ1) is 7.77. The Morgan fingerprint density at radius 2 is 2.00 bits per heavy atom. The Morgan fingerprint density at radius 1 is 1.25 bits per heavy atom. The van der Waals surface area contributed by atoms with Crippen LogP contribution in [-0.4, -0.2) is 0 Å². The van der Waals surface area contributed by atoms with E-state index in [-0.39, 0.29) is 0 Å². The monoisotopic (exact) mass is 214 g/mol. The molecule has 0 nitrogen and oxygen atoms in total. The zero-order chi connectivity index (χ0) is 11.4. The first-order valence-corrected chi connectivity index (χ1v) is 6.49. The van der Waals surface area contributed by atoms with Gasteiger partial charge in [0, 0.05) is 0 Å². The molecular weight excluding hydrogens is 192 g/mol. The van der Waals surface area contributed by atoms with E-state index in [1.807, 2.05) is 0 Å². The molecular formula is C16H22. The zero-order valence-corrected chi connectivity index (χ0v) is 10.3. The minimum Gasteiger partial charge on any atom is -0.0996 e. The molecule has 0 N–H and O–H groups in total. The van der Waals surface area contributed by atoms with Gasteiger partial charge in [-0.05, 0) is 36.7 Å². The van der Waals surface area contributed by atoms with Crippen LogP contribution in [0.1, 0.15) is 38.2 Å². The Morgan fingerprint density at radius 3 is 2.62 bits per heavy atom. The van der Waals surface area contributed by atoms with Gasteiger partial charge in [0.2, 0.25) is 0 Å². The molecule has 0 bridgehead atoms. The summed E-state index contributed by atoms with van der Waals surface area (Å²) in [6, 6.07) is 10.8. The Hall–Kier alpha value is -1.04. The highest BCUT2D eigenvalue weighted by Crippen LogP contribution is 2.37. The first kappa shape index (κ1) is 11.4. The van der Waals surface area contributed by atoms with Gasteiger partial charge in [0.15, 0.2) is 0 Å². The maximum absolute atomic E-state index is 4.30. The molecule has 1 aromatic rings. The SMILES string of the molecule is C=C(CCc1ccccc1)C1CCCC1C. The van der Waals surface area contributed by atoms with Crippen molar-refractivity contribution in [2.24, 2.45) is 11.8 Å². The topological polar surface area (TPSA) is 0 Å². The summed E-state index contributed by atoms with van der Waals surface area (Å²) in [6.07, 6.45) is 6.49. The molecule has 1 aliphatic carbocycles. The van der Waals surface area contributed by atoms with Crippen LogP contribution in [0.15, 0.2) is 42.5 Å². The average molecular weight is 214 g/mol. The van der Waals surface area contributed by atoms with Crippen molar-refractivity contribution < 1.29 is 0 Å². The van der Waals surface area contributed by atoms with E-state index in [1.165, 1.54) is 36.8 Å². The lowest BCUT2D eigenvalue weighted by atomic mass is 9.87. The molecule has 1 fully saturated rings. The van der Waals surface area contributed by atoms with Crippen LogP contribution < -0.4 is 0 Å². The van der Waals surface area contributed by atoms with Crippen LogP contribution in [0.4, 0.5) is 0 Å². The molecule has 0 radical (unpaired) electrons. The van der Waals surface area contributed by atoms with Crippen molar-refractivity contribution in [2.75, 3.05) is 0 Å². The summed E-state index contributed by atoms with van der Waals surface area (Å²) in [5.74, 6) is 1.66. The smallest absolute Gasteiger partial charge is 0.0180 e. The molecule has 0 aliphatic heterocycles. The van der Waals surface area contributed by atoms with E-state index in [2.05, 4.69) is 43.8 Å². The van der Waals surface area contributed by atoms with Crippen molar-refractivity contribution in [3.8, 4) is 0 Å². The summed E-state index contributed by atoms with van der Waals surface area (Å²) >= 11 is 0.